The van der Waals surface area contributed by atoms with E-state index in [1.807, 2.05) is 24.3 Å². The van der Waals surface area contributed by atoms with E-state index in [4.69, 9.17) is 4.74 Å². The molecule has 0 saturated heterocycles. The molecule has 22 heavy (non-hydrogen) atoms. The van der Waals surface area contributed by atoms with E-state index in [0.717, 1.165) is 17.9 Å². The first kappa shape index (κ1) is 16.6. The minimum absolute atomic E-state index is 0.305. The number of ether oxygens (including phenoxy) is 1. The molecule has 1 aliphatic heterocycles. The predicted octanol–water partition coefficient (Wildman–Crippen LogP) is 0.699. The summed E-state index contributed by atoms with van der Waals surface area (Å²) in [6, 6.07) is 7.83. The smallest absolute Gasteiger partial charge is 0.237 e. The molecule has 1 aliphatic rings. The Kier molecular flexibility index (Phi) is 5.25. The lowest BCUT2D eigenvalue weighted by Crippen LogP contribution is -2.51. The number of guanidine groups is 1. The zero-order valence-corrected chi connectivity index (χ0v) is 13.9. The summed E-state index contributed by atoms with van der Waals surface area (Å²) < 4.78 is 31.1. The second-order valence-electron chi connectivity index (χ2n) is 5.36. The maximum Gasteiger partial charge on any atom is 0.237 e. The molecule has 1 heterocycles. The van der Waals surface area contributed by atoms with Gasteiger partial charge in [0.05, 0.1) is 25.7 Å². The van der Waals surface area contributed by atoms with Crippen LogP contribution in [0.25, 0.3) is 0 Å². The molecule has 8 heteroatoms. The van der Waals surface area contributed by atoms with Crippen molar-refractivity contribution in [1.82, 2.24) is 14.9 Å². The second kappa shape index (κ2) is 6.97. The zero-order valence-electron chi connectivity index (χ0n) is 13.0. The Balaban J connectivity index is 1.90. The van der Waals surface area contributed by atoms with Crippen LogP contribution in [0, 0.1) is 0 Å². The summed E-state index contributed by atoms with van der Waals surface area (Å²) in [7, 11) is -1.72. The van der Waals surface area contributed by atoms with Crippen LogP contribution in [0.1, 0.15) is 19.4 Å². The van der Waals surface area contributed by atoms with Gasteiger partial charge in [0.2, 0.25) is 16.0 Å². The Labute approximate surface area is 131 Å². The molecule has 0 spiro atoms. The highest BCUT2D eigenvalue weighted by Gasteiger charge is 2.20. The third-order valence-corrected chi connectivity index (χ3v) is 5.04. The standard InChI is InChI=1S/C14H22N4O3S/c1-11(2)22(19,20)17-14-15-9-18(10-16-14)8-12-4-6-13(21-3)7-5-12/h4-7,11H,8-10H2,1-3H3,(H2,15,16,17). The number of nitrogens with one attached hydrogen (secondary N) is 2. The summed E-state index contributed by atoms with van der Waals surface area (Å²) >= 11 is 0. The highest BCUT2D eigenvalue weighted by molar-refractivity contribution is 7.90. The molecule has 2 N–H and O–H groups in total. The number of rotatable bonds is 5. The van der Waals surface area contributed by atoms with Crippen molar-refractivity contribution in [1.29, 1.82) is 0 Å². The molecule has 2 rings (SSSR count). The second-order valence-corrected chi connectivity index (χ2v) is 7.59. The van der Waals surface area contributed by atoms with E-state index >= 15 is 0 Å². The summed E-state index contributed by atoms with van der Waals surface area (Å²) in [5.41, 5.74) is 1.14. The van der Waals surface area contributed by atoms with Gasteiger partial charge in [-0.05, 0) is 31.5 Å². The molecule has 0 aliphatic carbocycles. The van der Waals surface area contributed by atoms with Crippen LogP contribution >= 0.6 is 0 Å². The van der Waals surface area contributed by atoms with Gasteiger partial charge < -0.3 is 10.1 Å². The third kappa shape index (κ3) is 4.35. The topological polar surface area (TPSA) is 83.0 Å². The first-order chi connectivity index (χ1) is 10.4. The Morgan fingerprint density at radius 2 is 2.05 bits per heavy atom. The van der Waals surface area contributed by atoms with Crippen LogP contribution in [0.15, 0.2) is 29.3 Å². The van der Waals surface area contributed by atoms with Crippen molar-refractivity contribution in [3.8, 4) is 5.75 Å². The van der Waals surface area contributed by atoms with Gasteiger partial charge in [0, 0.05) is 6.54 Å². The average molecular weight is 326 g/mol. The number of methoxy groups -OCH3 is 1. The Morgan fingerprint density at radius 1 is 1.36 bits per heavy atom. The maximum absolute atomic E-state index is 11.8. The molecular weight excluding hydrogens is 304 g/mol. The minimum atomic E-state index is -3.36. The van der Waals surface area contributed by atoms with Gasteiger partial charge in [-0.3, -0.25) is 9.62 Å². The molecule has 0 amide bonds. The fourth-order valence-electron chi connectivity index (χ4n) is 1.88. The van der Waals surface area contributed by atoms with Crippen molar-refractivity contribution in [3.63, 3.8) is 0 Å². The van der Waals surface area contributed by atoms with Crippen molar-refractivity contribution in [2.24, 2.45) is 4.99 Å². The van der Waals surface area contributed by atoms with E-state index in [9.17, 15) is 8.42 Å². The van der Waals surface area contributed by atoms with Crippen LogP contribution in [0.4, 0.5) is 0 Å². The summed E-state index contributed by atoms with van der Waals surface area (Å²) in [4.78, 5) is 6.29. The molecular formula is C14H22N4O3S. The number of nitrogens with zero attached hydrogens (tertiary/aromatic N) is 2. The van der Waals surface area contributed by atoms with Gasteiger partial charge in [0.15, 0.2) is 0 Å². The Bertz CT molecular complexity index is 626. The monoisotopic (exact) mass is 326 g/mol. The van der Waals surface area contributed by atoms with Gasteiger partial charge in [-0.1, -0.05) is 12.1 Å². The zero-order chi connectivity index (χ0) is 16.2. The fraction of sp³-hybridized carbons (Fsp3) is 0.500. The van der Waals surface area contributed by atoms with Gasteiger partial charge in [0.1, 0.15) is 5.75 Å². The first-order valence-corrected chi connectivity index (χ1v) is 8.60. The van der Waals surface area contributed by atoms with Gasteiger partial charge >= 0.3 is 0 Å². The molecule has 0 atom stereocenters. The van der Waals surface area contributed by atoms with Crippen molar-refractivity contribution < 1.29 is 13.2 Å². The normalized spacial score (nSPS) is 16.1. The highest BCUT2D eigenvalue weighted by Crippen LogP contribution is 2.13. The summed E-state index contributed by atoms with van der Waals surface area (Å²) in [5, 5.41) is 2.49. The number of aliphatic imine (C=N–C) groups is 1. The van der Waals surface area contributed by atoms with Gasteiger partial charge in [-0.25, -0.2) is 13.4 Å². The van der Waals surface area contributed by atoms with E-state index in [-0.39, 0.29) is 0 Å². The maximum atomic E-state index is 11.8. The largest absolute Gasteiger partial charge is 0.497 e. The van der Waals surface area contributed by atoms with Crippen LogP contribution in [-0.4, -0.2) is 45.0 Å². The summed E-state index contributed by atoms with van der Waals surface area (Å²) in [6.07, 6.45) is 0. The van der Waals surface area contributed by atoms with E-state index < -0.39 is 15.3 Å². The van der Waals surface area contributed by atoms with Crippen LogP contribution < -0.4 is 14.8 Å². The molecule has 0 unspecified atom stereocenters. The lowest BCUT2D eigenvalue weighted by Gasteiger charge is -2.27. The minimum Gasteiger partial charge on any atom is -0.497 e. The molecule has 0 radical (unpaired) electrons. The van der Waals surface area contributed by atoms with Crippen LogP contribution in [0.3, 0.4) is 0 Å². The molecule has 1 aromatic rings. The molecule has 1 aromatic carbocycles. The molecule has 7 nitrogen and oxygen atoms in total. The number of sulfonamides is 1. The quantitative estimate of drug-likeness (QED) is 0.832. The van der Waals surface area contributed by atoms with E-state index in [2.05, 4.69) is 19.9 Å². The summed E-state index contributed by atoms with van der Waals surface area (Å²) in [5.74, 6) is 1.13. The number of benzene rings is 1. The number of hydrogen-bond acceptors (Lipinski definition) is 6. The van der Waals surface area contributed by atoms with Crippen molar-refractivity contribution in [2.45, 2.75) is 25.6 Å². The first-order valence-electron chi connectivity index (χ1n) is 7.06. The Morgan fingerprint density at radius 3 is 2.55 bits per heavy atom. The average Bonchev–Trinajstić information content (AvgIpc) is 2.49. The Hall–Kier alpha value is -1.80. The molecule has 0 fully saturated rings. The number of hydrogen-bond donors (Lipinski definition) is 2. The van der Waals surface area contributed by atoms with Gasteiger partial charge in [-0.15, -0.1) is 0 Å². The highest BCUT2D eigenvalue weighted by atomic mass is 32.2. The van der Waals surface area contributed by atoms with Crippen LogP contribution in [0.2, 0.25) is 0 Å². The van der Waals surface area contributed by atoms with E-state index in [1.165, 1.54) is 0 Å². The van der Waals surface area contributed by atoms with Gasteiger partial charge in [0.25, 0.3) is 0 Å². The predicted molar refractivity (Wildman–Crippen MR) is 86.0 cm³/mol. The lowest BCUT2D eigenvalue weighted by atomic mass is 10.2. The molecule has 0 bridgehead atoms. The van der Waals surface area contributed by atoms with Crippen molar-refractivity contribution in [2.75, 3.05) is 20.4 Å². The fourth-order valence-corrected chi connectivity index (χ4v) is 2.52. The van der Waals surface area contributed by atoms with Crippen LogP contribution in [-0.2, 0) is 16.6 Å². The summed E-state index contributed by atoms with van der Waals surface area (Å²) in [6.45, 7) is 4.95. The molecule has 0 aromatic heterocycles. The van der Waals surface area contributed by atoms with E-state index in [1.54, 1.807) is 21.0 Å². The van der Waals surface area contributed by atoms with E-state index in [0.29, 0.717) is 19.3 Å². The SMILES string of the molecule is COc1ccc(CN2CN=C(NS(=O)(=O)C(C)C)NC2)cc1. The lowest BCUT2D eigenvalue weighted by molar-refractivity contribution is 0.255. The van der Waals surface area contributed by atoms with Gasteiger partial charge in [-0.2, -0.15) is 0 Å². The van der Waals surface area contributed by atoms with Crippen molar-refractivity contribution in [3.05, 3.63) is 29.8 Å². The third-order valence-electron chi connectivity index (χ3n) is 3.32. The molecule has 122 valence electrons. The van der Waals surface area contributed by atoms with Crippen LogP contribution in [0.5, 0.6) is 5.75 Å². The molecule has 0 saturated carbocycles. The van der Waals surface area contributed by atoms with Crippen molar-refractivity contribution >= 4 is 16.0 Å².